The van der Waals surface area contributed by atoms with E-state index < -0.39 is 0 Å². The molecule has 0 aromatic heterocycles. The highest BCUT2D eigenvalue weighted by Gasteiger charge is 2.36. The predicted octanol–water partition coefficient (Wildman–Crippen LogP) is 4.16. The molecule has 1 aliphatic heterocycles. The van der Waals surface area contributed by atoms with E-state index in [0.29, 0.717) is 5.41 Å². The molecule has 0 bridgehead atoms. The van der Waals surface area contributed by atoms with Gasteiger partial charge in [-0.3, -0.25) is 0 Å². The lowest BCUT2D eigenvalue weighted by Gasteiger charge is -2.42. The summed E-state index contributed by atoms with van der Waals surface area (Å²) in [4.78, 5) is 2.76. The smallest absolute Gasteiger partial charge is 0.0108 e. The molecule has 2 aliphatic rings. The minimum Gasteiger partial charge on any atom is -0.314 e. The van der Waals surface area contributed by atoms with Gasteiger partial charge < -0.3 is 10.2 Å². The number of nitrogens with zero attached hydrogens (tertiary/aromatic N) is 1. The van der Waals surface area contributed by atoms with Crippen LogP contribution < -0.4 is 5.32 Å². The fourth-order valence-electron chi connectivity index (χ4n) is 4.43. The van der Waals surface area contributed by atoms with Crippen molar-refractivity contribution in [3.63, 3.8) is 0 Å². The van der Waals surface area contributed by atoms with E-state index in [2.05, 4.69) is 44.8 Å². The molecule has 1 saturated heterocycles. The lowest BCUT2D eigenvalue weighted by Crippen LogP contribution is -2.47. The topological polar surface area (TPSA) is 15.3 Å². The molecule has 0 spiro atoms. The Bertz CT molecular complexity index is 311. The molecule has 2 fully saturated rings. The molecule has 124 valence electrons. The fraction of sp³-hybridized carbons (Fsp3) is 1.00. The second-order valence-corrected chi connectivity index (χ2v) is 8.78. The molecular weight excluding hydrogens is 256 g/mol. The van der Waals surface area contributed by atoms with Crippen LogP contribution in [-0.4, -0.2) is 37.1 Å². The molecule has 0 aromatic carbocycles. The minimum absolute atomic E-state index is 0.548. The zero-order chi connectivity index (χ0) is 15.5. The van der Waals surface area contributed by atoms with Crippen LogP contribution >= 0.6 is 0 Å². The summed E-state index contributed by atoms with van der Waals surface area (Å²) in [6.45, 7) is 17.2. The van der Waals surface area contributed by atoms with Gasteiger partial charge in [-0.25, -0.2) is 0 Å². The first kappa shape index (κ1) is 17.3. The zero-order valence-corrected chi connectivity index (χ0v) is 15.1. The van der Waals surface area contributed by atoms with Gasteiger partial charge in [0.05, 0.1) is 0 Å². The standard InChI is InChI=1S/C19H38N2/c1-6-10-20-18-7-9-19(4,5)12-17(18)14-21-11-8-16(13-21)15(2)3/h15-18,20H,6-14H2,1-5H3. The third-order valence-corrected chi connectivity index (χ3v) is 5.92. The van der Waals surface area contributed by atoms with Gasteiger partial charge in [0, 0.05) is 19.1 Å². The molecule has 3 atom stereocenters. The largest absolute Gasteiger partial charge is 0.314 e. The Hall–Kier alpha value is -0.0800. The Morgan fingerprint density at radius 1 is 1.24 bits per heavy atom. The third kappa shape index (κ3) is 4.96. The van der Waals surface area contributed by atoms with Crippen molar-refractivity contribution in [1.82, 2.24) is 10.2 Å². The molecule has 1 aliphatic carbocycles. The van der Waals surface area contributed by atoms with Crippen LogP contribution in [0.2, 0.25) is 0 Å². The highest BCUT2D eigenvalue weighted by Crippen LogP contribution is 2.39. The number of nitrogens with one attached hydrogen (secondary N) is 1. The van der Waals surface area contributed by atoms with E-state index in [0.717, 1.165) is 23.8 Å². The van der Waals surface area contributed by atoms with Gasteiger partial charge in [0.1, 0.15) is 0 Å². The van der Waals surface area contributed by atoms with E-state index in [-0.39, 0.29) is 0 Å². The van der Waals surface area contributed by atoms with Crippen molar-refractivity contribution in [3.8, 4) is 0 Å². The second-order valence-electron chi connectivity index (χ2n) is 8.78. The van der Waals surface area contributed by atoms with Crippen molar-refractivity contribution in [3.05, 3.63) is 0 Å². The molecule has 1 N–H and O–H groups in total. The Balaban J connectivity index is 1.90. The lowest BCUT2D eigenvalue weighted by atomic mass is 9.69. The summed E-state index contributed by atoms with van der Waals surface area (Å²) in [6.07, 6.45) is 6.84. The summed E-state index contributed by atoms with van der Waals surface area (Å²) in [5.41, 5.74) is 0.548. The summed E-state index contributed by atoms with van der Waals surface area (Å²) in [6, 6.07) is 0.760. The number of rotatable bonds is 6. The SMILES string of the molecule is CCCNC1CCC(C)(C)CC1CN1CCC(C(C)C)C1. The third-order valence-electron chi connectivity index (χ3n) is 5.92. The van der Waals surface area contributed by atoms with E-state index in [9.17, 15) is 0 Å². The van der Waals surface area contributed by atoms with Crippen molar-refractivity contribution >= 4 is 0 Å². The van der Waals surface area contributed by atoms with Crippen LogP contribution in [0.3, 0.4) is 0 Å². The van der Waals surface area contributed by atoms with Crippen LogP contribution in [0.1, 0.15) is 66.7 Å². The molecule has 2 nitrogen and oxygen atoms in total. The van der Waals surface area contributed by atoms with Crippen molar-refractivity contribution in [2.45, 2.75) is 72.8 Å². The molecule has 2 heteroatoms. The van der Waals surface area contributed by atoms with Crippen LogP contribution in [0.25, 0.3) is 0 Å². The summed E-state index contributed by atoms with van der Waals surface area (Å²) < 4.78 is 0. The highest BCUT2D eigenvalue weighted by molar-refractivity contribution is 4.91. The maximum atomic E-state index is 3.84. The second kappa shape index (κ2) is 7.46. The van der Waals surface area contributed by atoms with Crippen molar-refractivity contribution in [2.75, 3.05) is 26.2 Å². The van der Waals surface area contributed by atoms with Crippen LogP contribution in [0, 0.1) is 23.2 Å². The van der Waals surface area contributed by atoms with Gasteiger partial charge in [-0.1, -0.05) is 34.6 Å². The van der Waals surface area contributed by atoms with Gasteiger partial charge in [0.2, 0.25) is 0 Å². The first-order valence-electron chi connectivity index (χ1n) is 9.37. The Labute approximate surface area is 133 Å². The normalized spacial score (nSPS) is 33.7. The summed E-state index contributed by atoms with van der Waals surface area (Å²) in [5.74, 6) is 2.64. The maximum Gasteiger partial charge on any atom is 0.0108 e. The first-order valence-corrected chi connectivity index (χ1v) is 9.37. The molecule has 21 heavy (non-hydrogen) atoms. The van der Waals surface area contributed by atoms with Crippen molar-refractivity contribution < 1.29 is 0 Å². The van der Waals surface area contributed by atoms with Gasteiger partial charge in [0.15, 0.2) is 0 Å². The van der Waals surface area contributed by atoms with Gasteiger partial charge in [-0.05, 0) is 68.4 Å². The molecule has 0 amide bonds. The monoisotopic (exact) mass is 294 g/mol. The predicted molar refractivity (Wildman–Crippen MR) is 92.6 cm³/mol. The molecule has 0 aromatic rings. The Morgan fingerprint density at radius 2 is 2.00 bits per heavy atom. The van der Waals surface area contributed by atoms with Gasteiger partial charge in [-0.15, -0.1) is 0 Å². The quantitative estimate of drug-likeness (QED) is 0.791. The fourth-order valence-corrected chi connectivity index (χ4v) is 4.43. The molecule has 0 radical (unpaired) electrons. The Morgan fingerprint density at radius 3 is 2.62 bits per heavy atom. The highest BCUT2D eigenvalue weighted by atomic mass is 15.2. The summed E-state index contributed by atoms with van der Waals surface area (Å²) >= 11 is 0. The lowest BCUT2D eigenvalue weighted by molar-refractivity contribution is 0.106. The summed E-state index contributed by atoms with van der Waals surface area (Å²) in [7, 11) is 0. The van der Waals surface area contributed by atoms with Crippen LogP contribution in [-0.2, 0) is 0 Å². The first-order chi connectivity index (χ1) is 9.91. The molecular formula is C19H38N2. The average Bonchev–Trinajstić information content (AvgIpc) is 2.86. The van der Waals surface area contributed by atoms with Crippen LogP contribution in [0.5, 0.6) is 0 Å². The average molecular weight is 295 g/mol. The number of hydrogen-bond acceptors (Lipinski definition) is 2. The van der Waals surface area contributed by atoms with Gasteiger partial charge in [0.25, 0.3) is 0 Å². The number of hydrogen-bond donors (Lipinski definition) is 1. The number of likely N-dealkylation sites (tertiary alicyclic amines) is 1. The van der Waals surface area contributed by atoms with Crippen molar-refractivity contribution in [2.24, 2.45) is 23.2 Å². The van der Waals surface area contributed by atoms with Crippen LogP contribution in [0.15, 0.2) is 0 Å². The van der Waals surface area contributed by atoms with Gasteiger partial charge >= 0.3 is 0 Å². The molecule has 1 saturated carbocycles. The van der Waals surface area contributed by atoms with E-state index >= 15 is 0 Å². The van der Waals surface area contributed by atoms with E-state index in [4.69, 9.17) is 0 Å². The van der Waals surface area contributed by atoms with Gasteiger partial charge in [-0.2, -0.15) is 0 Å². The maximum absolute atomic E-state index is 3.84. The Kier molecular flexibility index (Phi) is 6.14. The van der Waals surface area contributed by atoms with Crippen molar-refractivity contribution in [1.29, 1.82) is 0 Å². The van der Waals surface area contributed by atoms with E-state index in [1.54, 1.807) is 0 Å². The molecule has 1 heterocycles. The zero-order valence-electron chi connectivity index (χ0n) is 15.1. The minimum atomic E-state index is 0.548. The summed E-state index contributed by atoms with van der Waals surface area (Å²) in [5, 5.41) is 3.84. The van der Waals surface area contributed by atoms with E-state index in [1.807, 2.05) is 0 Å². The van der Waals surface area contributed by atoms with E-state index in [1.165, 1.54) is 58.3 Å². The van der Waals surface area contributed by atoms with Crippen LogP contribution in [0.4, 0.5) is 0 Å². The molecule has 2 rings (SSSR count). The molecule has 3 unspecified atom stereocenters.